The highest BCUT2D eigenvalue weighted by molar-refractivity contribution is 9.12. The van der Waals surface area contributed by atoms with Crippen LogP contribution in [0.3, 0.4) is 0 Å². The van der Waals surface area contributed by atoms with Gasteiger partial charge < -0.3 is 4.90 Å². The molecule has 0 saturated heterocycles. The molecule has 3 heteroatoms. The smallest absolute Gasteiger partial charge is 0.299 e. The zero-order chi connectivity index (χ0) is 8.97. The molecule has 1 fully saturated rings. The van der Waals surface area contributed by atoms with E-state index in [-0.39, 0.29) is 5.91 Å². The minimum atomic E-state index is -0.0845. The van der Waals surface area contributed by atoms with E-state index in [1.54, 1.807) is 4.90 Å². The first-order chi connectivity index (χ1) is 5.75. The van der Waals surface area contributed by atoms with E-state index < -0.39 is 0 Å². The van der Waals surface area contributed by atoms with Gasteiger partial charge in [-0.05, 0) is 17.7 Å². The minimum Gasteiger partial charge on any atom is -0.332 e. The fraction of sp³-hybridized carbons (Fsp3) is 0.667. The molecule has 0 aromatic heterocycles. The molecular formula is C9H12BrNO. The van der Waals surface area contributed by atoms with E-state index in [1.807, 2.05) is 7.05 Å². The first-order valence-electron chi connectivity index (χ1n) is 4.14. The maximum atomic E-state index is 11.3. The van der Waals surface area contributed by atoms with E-state index in [1.165, 1.54) is 12.8 Å². The highest BCUT2D eigenvalue weighted by Gasteiger charge is 2.21. The van der Waals surface area contributed by atoms with Crippen LogP contribution >= 0.6 is 15.9 Å². The van der Waals surface area contributed by atoms with Crippen LogP contribution in [0.5, 0.6) is 0 Å². The van der Waals surface area contributed by atoms with Crippen LogP contribution in [0.1, 0.15) is 25.7 Å². The van der Waals surface area contributed by atoms with Crippen molar-refractivity contribution in [3.8, 4) is 10.8 Å². The second kappa shape index (κ2) is 4.51. The summed E-state index contributed by atoms with van der Waals surface area (Å²) < 4.78 is 0. The topological polar surface area (TPSA) is 20.3 Å². The Kier molecular flexibility index (Phi) is 3.61. The standard InChI is InChI=1S/C9H12BrNO/c1-11(9(12)6-7-10)8-4-2-3-5-8/h8H,2-5H2,1H3. The largest absolute Gasteiger partial charge is 0.332 e. The number of halogens is 1. The van der Waals surface area contributed by atoms with Crippen LogP contribution in [0, 0.1) is 10.8 Å². The molecule has 0 unspecified atom stereocenters. The van der Waals surface area contributed by atoms with Gasteiger partial charge in [0.15, 0.2) is 0 Å². The van der Waals surface area contributed by atoms with Gasteiger partial charge in [0.1, 0.15) is 0 Å². The normalized spacial score (nSPS) is 16.8. The van der Waals surface area contributed by atoms with Gasteiger partial charge in [0.05, 0.1) is 0 Å². The van der Waals surface area contributed by atoms with E-state index >= 15 is 0 Å². The van der Waals surface area contributed by atoms with Crippen LogP contribution in [0.25, 0.3) is 0 Å². The van der Waals surface area contributed by atoms with Crippen LogP contribution < -0.4 is 0 Å². The van der Waals surface area contributed by atoms with Crippen LogP contribution in [0.15, 0.2) is 0 Å². The lowest BCUT2D eigenvalue weighted by Gasteiger charge is -2.21. The highest BCUT2D eigenvalue weighted by atomic mass is 79.9. The monoisotopic (exact) mass is 229 g/mol. The molecule has 2 nitrogen and oxygen atoms in total. The molecular weight excluding hydrogens is 218 g/mol. The quantitative estimate of drug-likeness (QED) is 0.628. The van der Waals surface area contributed by atoms with Crippen LogP contribution in [-0.4, -0.2) is 23.9 Å². The summed E-state index contributed by atoms with van der Waals surface area (Å²) in [5.41, 5.74) is 0. The molecule has 0 aromatic rings. The predicted octanol–water partition coefficient (Wildman–Crippen LogP) is 1.74. The first kappa shape index (κ1) is 9.60. The number of carbonyl (C=O) groups excluding carboxylic acids is 1. The Morgan fingerprint density at radius 2 is 2.08 bits per heavy atom. The van der Waals surface area contributed by atoms with Crippen molar-refractivity contribution >= 4 is 21.8 Å². The van der Waals surface area contributed by atoms with Gasteiger partial charge in [0.2, 0.25) is 0 Å². The molecule has 0 radical (unpaired) electrons. The molecule has 0 spiro atoms. The van der Waals surface area contributed by atoms with Crippen molar-refractivity contribution in [3.63, 3.8) is 0 Å². The van der Waals surface area contributed by atoms with Gasteiger partial charge in [0.25, 0.3) is 5.91 Å². The lowest BCUT2D eigenvalue weighted by molar-refractivity contribution is -0.125. The molecule has 0 bridgehead atoms. The van der Waals surface area contributed by atoms with Gasteiger partial charge in [0, 0.05) is 34.9 Å². The average molecular weight is 230 g/mol. The fourth-order valence-electron chi connectivity index (χ4n) is 1.59. The predicted molar refractivity (Wildman–Crippen MR) is 51.7 cm³/mol. The van der Waals surface area contributed by atoms with Gasteiger partial charge in [-0.1, -0.05) is 12.8 Å². The van der Waals surface area contributed by atoms with Crippen LogP contribution in [0.2, 0.25) is 0 Å². The fourth-order valence-corrected chi connectivity index (χ4v) is 1.76. The van der Waals surface area contributed by atoms with E-state index in [2.05, 4.69) is 26.7 Å². The minimum absolute atomic E-state index is 0.0845. The van der Waals surface area contributed by atoms with Crippen molar-refractivity contribution in [2.75, 3.05) is 7.05 Å². The average Bonchev–Trinajstić information content (AvgIpc) is 2.55. The molecule has 0 atom stereocenters. The van der Waals surface area contributed by atoms with Crippen molar-refractivity contribution in [2.24, 2.45) is 0 Å². The van der Waals surface area contributed by atoms with Gasteiger partial charge in [-0.15, -0.1) is 0 Å². The molecule has 0 aliphatic heterocycles. The highest BCUT2D eigenvalue weighted by Crippen LogP contribution is 2.22. The Hall–Kier alpha value is -0.490. The summed E-state index contributed by atoms with van der Waals surface area (Å²) in [5, 5.41) is 0. The second-order valence-electron chi connectivity index (χ2n) is 3.07. The number of hydrogen-bond donors (Lipinski definition) is 0. The van der Waals surface area contributed by atoms with Crippen molar-refractivity contribution in [3.05, 3.63) is 0 Å². The Bertz CT molecular complexity index is 222. The van der Waals surface area contributed by atoms with Gasteiger partial charge >= 0.3 is 0 Å². The number of hydrogen-bond acceptors (Lipinski definition) is 1. The molecule has 0 aromatic carbocycles. The number of rotatable bonds is 1. The summed E-state index contributed by atoms with van der Waals surface area (Å²) in [6.45, 7) is 0. The van der Waals surface area contributed by atoms with E-state index in [9.17, 15) is 4.79 Å². The third-order valence-electron chi connectivity index (χ3n) is 2.35. The third-order valence-corrected chi connectivity index (χ3v) is 2.55. The summed E-state index contributed by atoms with van der Waals surface area (Å²) in [5.74, 6) is 2.39. The van der Waals surface area contributed by atoms with Crippen molar-refractivity contribution in [1.82, 2.24) is 4.90 Å². The Labute approximate surface area is 81.4 Å². The van der Waals surface area contributed by atoms with Crippen molar-refractivity contribution < 1.29 is 4.79 Å². The summed E-state index contributed by atoms with van der Waals surface area (Å²) in [4.78, 5) is 15.4. The third kappa shape index (κ3) is 2.25. The summed E-state index contributed by atoms with van der Waals surface area (Å²) >= 11 is 2.92. The number of amides is 1. The lowest BCUT2D eigenvalue weighted by Crippen LogP contribution is -2.34. The Balaban J connectivity index is 2.48. The number of carbonyl (C=O) groups is 1. The summed E-state index contributed by atoms with van der Waals surface area (Å²) in [7, 11) is 1.83. The molecule has 1 saturated carbocycles. The number of nitrogens with zero attached hydrogens (tertiary/aromatic N) is 1. The lowest BCUT2D eigenvalue weighted by atomic mass is 10.2. The van der Waals surface area contributed by atoms with Crippen molar-refractivity contribution in [2.45, 2.75) is 31.7 Å². The molecule has 1 aliphatic carbocycles. The van der Waals surface area contributed by atoms with Crippen molar-refractivity contribution in [1.29, 1.82) is 0 Å². The summed E-state index contributed by atoms with van der Waals surface area (Å²) in [6.07, 6.45) is 4.74. The molecule has 1 rings (SSSR count). The molecule has 1 amide bonds. The zero-order valence-electron chi connectivity index (χ0n) is 7.14. The zero-order valence-corrected chi connectivity index (χ0v) is 8.73. The molecule has 12 heavy (non-hydrogen) atoms. The maximum absolute atomic E-state index is 11.3. The van der Waals surface area contributed by atoms with E-state index in [0.29, 0.717) is 6.04 Å². The molecule has 66 valence electrons. The molecule has 1 aliphatic rings. The first-order valence-corrected chi connectivity index (χ1v) is 4.93. The molecule has 0 heterocycles. The van der Waals surface area contributed by atoms with E-state index in [4.69, 9.17) is 0 Å². The SMILES string of the molecule is CN(C(=O)C#CBr)C1CCCC1. The molecule has 0 N–H and O–H groups in total. The second-order valence-corrected chi connectivity index (χ2v) is 3.47. The Morgan fingerprint density at radius 1 is 1.50 bits per heavy atom. The van der Waals surface area contributed by atoms with Gasteiger partial charge in [-0.25, -0.2) is 0 Å². The van der Waals surface area contributed by atoms with Gasteiger partial charge in [-0.2, -0.15) is 0 Å². The Morgan fingerprint density at radius 3 is 2.58 bits per heavy atom. The van der Waals surface area contributed by atoms with E-state index in [0.717, 1.165) is 12.8 Å². The van der Waals surface area contributed by atoms with Crippen LogP contribution in [-0.2, 0) is 4.79 Å². The van der Waals surface area contributed by atoms with Crippen LogP contribution in [0.4, 0.5) is 0 Å². The summed E-state index contributed by atoms with van der Waals surface area (Å²) in [6, 6.07) is 0.422. The van der Waals surface area contributed by atoms with Gasteiger partial charge in [-0.3, -0.25) is 4.79 Å². The maximum Gasteiger partial charge on any atom is 0.299 e.